The number of thiocarbonyl (C=S) groups is 1. The third-order valence-corrected chi connectivity index (χ3v) is 4.78. The maximum Gasteiger partial charge on any atom is 0.358 e. The minimum absolute atomic E-state index is 0.00747. The van der Waals surface area contributed by atoms with Crippen molar-refractivity contribution in [2.75, 3.05) is 6.61 Å². The van der Waals surface area contributed by atoms with E-state index in [1.54, 1.807) is 12.1 Å². The standard InChI is InChI=1S/C19H24O7S/c1-18(2)20-10-12(24-18)13-14(15-16(22-13)26-19(3,4)25-15)23-17(27)21-11-8-6-5-7-9-11/h5-9,12-16H,10H2,1-4H3/t12-,13?,14+,15?,16?/m1/s1. The van der Waals surface area contributed by atoms with Crippen molar-refractivity contribution in [3.8, 4) is 5.75 Å². The van der Waals surface area contributed by atoms with Gasteiger partial charge in [-0.25, -0.2) is 0 Å². The molecule has 3 heterocycles. The smallest absolute Gasteiger partial charge is 0.358 e. The number of ether oxygens (including phenoxy) is 7. The molecular formula is C19H24O7S. The molecule has 0 aromatic heterocycles. The fraction of sp³-hybridized carbons (Fsp3) is 0.632. The first-order valence-electron chi connectivity index (χ1n) is 8.99. The van der Waals surface area contributed by atoms with E-state index >= 15 is 0 Å². The molecule has 3 aliphatic rings. The Morgan fingerprint density at radius 1 is 1.00 bits per heavy atom. The average molecular weight is 396 g/mol. The van der Waals surface area contributed by atoms with Gasteiger partial charge in [0.2, 0.25) is 0 Å². The van der Waals surface area contributed by atoms with Gasteiger partial charge in [-0.3, -0.25) is 0 Å². The Labute approximate surface area is 163 Å². The highest BCUT2D eigenvalue weighted by Crippen LogP contribution is 2.42. The van der Waals surface area contributed by atoms with E-state index < -0.39 is 36.2 Å². The molecule has 148 valence electrons. The largest absolute Gasteiger partial charge is 0.447 e. The second-order valence-electron chi connectivity index (χ2n) is 7.68. The molecule has 5 atom stereocenters. The molecular weight excluding hydrogens is 372 g/mol. The average Bonchev–Trinajstić information content (AvgIpc) is 3.19. The zero-order valence-electron chi connectivity index (χ0n) is 15.7. The number of rotatable bonds is 3. The minimum Gasteiger partial charge on any atom is -0.447 e. The summed E-state index contributed by atoms with van der Waals surface area (Å²) >= 11 is 5.29. The summed E-state index contributed by atoms with van der Waals surface area (Å²) in [4.78, 5) is 0. The van der Waals surface area contributed by atoms with Crippen molar-refractivity contribution in [2.24, 2.45) is 0 Å². The molecule has 8 heteroatoms. The molecule has 3 fully saturated rings. The van der Waals surface area contributed by atoms with Crippen LogP contribution in [0.5, 0.6) is 5.75 Å². The lowest BCUT2D eigenvalue weighted by molar-refractivity contribution is -0.231. The first kappa shape index (κ1) is 19.0. The van der Waals surface area contributed by atoms with Crippen molar-refractivity contribution in [1.82, 2.24) is 0 Å². The Morgan fingerprint density at radius 3 is 2.41 bits per heavy atom. The van der Waals surface area contributed by atoms with Crippen molar-refractivity contribution < 1.29 is 33.2 Å². The molecule has 0 radical (unpaired) electrons. The van der Waals surface area contributed by atoms with Gasteiger partial charge >= 0.3 is 5.24 Å². The molecule has 0 N–H and O–H groups in total. The quantitative estimate of drug-likeness (QED) is 0.723. The number of para-hydroxylation sites is 1. The van der Waals surface area contributed by atoms with Gasteiger partial charge in [-0.2, -0.15) is 0 Å². The van der Waals surface area contributed by atoms with Crippen LogP contribution in [0.3, 0.4) is 0 Å². The van der Waals surface area contributed by atoms with Crippen LogP contribution < -0.4 is 4.74 Å². The fourth-order valence-electron chi connectivity index (χ4n) is 3.53. The van der Waals surface area contributed by atoms with Crippen molar-refractivity contribution in [3.05, 3.63) is 30.3 Å². The van der Waals surface area contributed by atoms with Crippen molar-refractivity contribution in [1.29, 1.82) is 0 Å². The van der Waals surface area contributed by atoms with E-state index in [4.69, 9.17) is 45.4 Å². The fourth-order valence-corrected chi connectivity index (χ4v) is 3.74. The topological polar surface area (TPSA) is 64.6 Å². The van der Waals surface area contributed by atoms with Gasteiger partial charge in [-0.15, -0.1) is 0 Å². The van der Waals surface area contributed by atoms with Gasteiger partial charge in [-0.1, -0.05) is 18.2 Å². The summed E-state index contributed by atoms with van der Waals surface area (Å²) in [6.45, 7) is 7.76. The van der Waals surface area contributed by atoms with Crippen LogP contribution in [-0.2, 0) is 28.4 Å². The van der Waals surface area contributed by atoms with Crippen molar-refractivity contribution >= 4 is 17.5 Å². The molecule has 0 amide bonds. The van der Waals surface area contributed by atoms with Gasteiger partial charge in [0.25, 0.3) is 0 Å². The summed E-state index contributed by atoms with van der Waals surface area (Å²) < 4.78 is 41.1. The summed E-state index contributed by atoms with van der Waals surface area (Å²) in [5.74, 6) is -0.853. The van der Waals surface area contributed by atoms with Crippen LogP contribution in [0.2, 0.25) is 0 Å². The second-order valence-corrected chi connectivity index (χ2v) is 8.02. The molecule has 7 nitrogen and oxygen atoms in total. The van der Waals surface area contributed by atoms with Gasteiger partial charge in [0, 0.05) is 12.2 Å². The Hall–Kier alpha value is -1.29. The number of hydrogen-bond acceptors (Lipinski definition) is 8. The first-order chi connectivity index (χ1) is 12.7. The van der Waals surface area contributed by atoms with Gasteiger partial charge in [0.05, 0.1) is 6.61 Å². The lowest BCUT2D eigenvalue weighted by atomic mass is 10.1. The zero-order chi connectivity index (χ0) is 19.2. The molecule has 1 aromatic carbocycles. The molecule has 0 spiro atoms. The minimum atomic E-state index is -0.768. The summed E-state index contributed by atoms with van der Waals surface area (Å²) in [6, 6.07) is 9.22. The SMILES string of the molecule is CC1(C)OC2OC([C@H]3COC(C)(C)O3)[C@H](OC(=S)Oc3ccccc3)C2O1. The second kappa shape index (κ2) is 6.95. The maximum atomic E-state index is 6.07. The molecule has 3 aliphatic heterocycles. The first-order valence-corrected chi connectivity index (χ1v) is 9.40. The van der Waals surface area contributed by atoms with E-state index in [1.165, 1.54) is 0 Å². The summed E-state index contributed by atoms with van der Waals surface area (Å²) in [5.41, 5.74) is 0. The van der Waals surface area contributed by atoms with Gasteiger partial charge in [-0.05, 0) is 39.8 Å². The zero-order valence-corrected chi connectivity index (χ0v) is 16.6. The lowest BCUT2D eigenvalue weighted by Gasteiger charge is -2.29. The van der Waals surface area contributed by atoms with Crippen LogP contribution in [0, 0.1) is 0 Å². The molecule has 0 saturated carbocycles. The van der Waals surface area contributed by atoms with E-state index in [1.807, 2.05) is 45.9 Å². The number of benzene rings is 1. The van der Waals surface area contributed by atoms with Crippen LogP contribution in [0.4, 0.5) is 0 Å². The molecule has 27 heavy (non-hydrogen) atoms. The van der Waals surface area contributed by atoms with Crippen LogP contribution in [0.25, 0.3) is 0 Å². The highest BCUT2D eigenvalue weighted by Gasteiger charge is 2.60. The summed E-state index contributed by atoms with van der Waals surface area (Å²) in [6.07, 6.45) is -2.35. The normalized spacial score (nSPS) is 36.4. The number of hydrogen-bond donors (Lipinski definition) is 0. The maximum absolute atomic E-state index is 6.07. The Morgan fingerprint density at radius 2 is 1.74 bits per heavy atom. The third-order valence-electron chi connectivity index (χ3n) is 4.60. The van der Waals surface area contributed by atoms with Gasteiger partial charge in [0.15, 0.2) is 30.1 Å². The molecule has 4 rings (SSSR count). The molecule has 3 saturated heterocycles. The Balaban J connectivity index is 1.49. The lowest BCUT2D eigenvalue weighted by Crippen LogP contribution is -2.45. The van der Waals surface area contributed by atoms with Crippen LogP contribution >= 0.6 is 12.2 Å². The van der Waals surface area contributed by atoms with Gasteiger partial charge in [0.1, 0.15) is 18.0 Å². The van der Waals surface area contributed by atoms with Gasteiger partial charge < -0.3 is 33.2 Å². The van der Waals surface area contributed by atoms with Crippen LogP contribution in [0.15, 0.2) is 30.3 Å². The van der Waals surface area contributed by atoms with Crippen LogP contribution in [0.1, 0.15) is 27.7 Å². The van der Waals surface area contributed by atoms with E-state index in [2.05, 4.69) is 0 Å². The molecule has 1 aromatic rings. The third kappa shape index (κ3) is 4.11. The molecule has 0 aliphatic carbocycles. The van der Waals surface area contributed by atoms with Crippen LogP contribution in [-0.4, -0.2) is 54.1 Å². The Bertz CT molecular complexity index is 693. The summed E-state index contributed by atoms with van der Waals surface area (Å²) in [7, 11) is 0. The number of fused-ring (bicyclic) bond motifs is 1. The van der Waals surface area contributed by atoms with E-state index in [9.17, 15) is 0 Å². The summed E-state index contributed by atoms with van der Waals surface area (Å²) in [5, 5.41) is -0.00747. The molecule has 3 unspecified atom stereocenters. The van der Waals surface area contributed by atoms with Crippen molar-refractivity contribution in [2.45, 2.75) is 70.0 Å². The van der Waals surface area contributed by atoms with E-state index in [0.29, 0.717) is 12.4 Å². The predicted molar refractivity (Wildman–Crippen MR) is 98.1 cm³/mol. The monoisotopic (exact) mass is 396 g/mol. The highest BCUT2D eigenvalue weighted by molar-refractivity contribution is 7.79. The Kier molecular flexibility index (Phi) is 4.90. The van der Waals surface area contributed by atoms with E-state index in [0.717, 1.165) is 0 Å². The molecule has 0 bridgehead atoms. The van der Waals surface area contributed by atoms with Crippen molar-refractivity contribution in [3.63, 3.8) is 0 Å². The highest BCUT2D eigenvalue weighted by atomic mass is 32.1. The predicted octanol–water partition coefficient (Wildman–Crippen LogP) is 2.76. The van der Waals surface area contributed by atoms with E-state index in [-0.39, 0.29) is 11.3 Å².